The summed E-state index contributed by atoms with van der Waals surface area (Å²) in [6.07, 6.45) is 3.98. The number of rotatable bonds is 3. The van der Waals surface area contributed by atoms with Crippen molar-refractivity contribution in [1.82, 2.24) is 5.43 Å². The number of hydrogen-bond acceptors (Lipinski definition) is 3. The molecule has 0 saturated carbocycles. The minimum Gasteiger partial charge on any atom is -0.371 e. The highest BCUT2D eigenvalue weighted by Crippen LogP contribution is 2.25. The standard InChI is InChI=1S/C13H19N3O/c14-15-13(17)8-10-16-9-4-3-6-11-5-1-2-7-12(11)16/h1-2,5,7H,3-4,6,8-10,14H2,(H,15,17). The highest BCUT2D eigenvalue weighted by atomic mass is 16.2. The maximum atomic E-state index is 11.2. The van der Waals surface area contributed by atoms with Gasteiger partial charge in [-0.3, -0.25) is 10.2 Å². The van der Waals surface area contributed by atoms with Gasteiger partial charge in [0.1, 0.15) is 0 Å². The van der Waals surface area contributed by atoms with E-state index in [1.165, 1.54) is 24.1 Å². The molecular formula is C13H19N3O. The summed E-state index contributed by atoms with van der Waals surface area (Å²) >= 11 is 0. The number of nitrogens with one attached hydrogen (secondary N) is 1. The number of fused-ring (bicyclic) bond motifs is 1. The Bertz CT molecular complexity index is 392. The lowest BCUT2D eigenvalue weighted by Gasteiger charge is -2.24. The molecule has 0 unspecified atom stereocenters. The number of anilines is 1. The van der Waals surface area contributed by atoms with E-state index in [0.29, 0.717) is 6.42 Å². The number of aryl methyl sites for hydroxylation is 1. The zero-order chi connectivity index (χ0) is 12.1. The first-order valence-electron chi connectivity index (χ1n) is 6.13. The Balaban J connectivity index is 2.09. The van der Waals surface area contributed by atoms with Crippen LogP contribution in [-0.2, 0) is 11.2 Å². The molecule has 3 N–H and O–H groups in total. The number of carbonyl (C=O) groups excluding carboxylic acids is 1. The van der Waals surface area contributed by atoms with E-state index in [4.69, 9.17) is 5.84 Å². The van der Waals surface area contributed by atoms with Gasteiger partial charge in [-0.1, -0.05) is 18.2 Å². The molecule has 1 amide bonds. The van der Waals surface area contributed by atoms with Gasteiger partial charge in [-0.15, -0.1) is 0 Å². The van der Waals surface area contributed by atoms with Crippen molar-refractivity contribution in [2.24, 2.45) is 5.84 Å². The maximum absolute atomic E-state index is 11.2. The van der Waals surface area contributed by atoms with E-state index in [1.54, 1.807) is 0 Å². The Kier molecular flexibility index (Phi) is 3.98. The van der Waals surface area contributed by atoms with Crippen LogP contribution in [0.1, 0.15) is 24.8 Å². The van der Waals surface area contributed by atoms with Crippen molar-refractivity contribution < 1.29 is 4.79 Å². The van der Waals surface area contributed by atoms with Crippen LogP contribution in [0.3, 0.4) is 0 Å². The fraction of sp³-hybridized carbons (Fsp3) is 0.462. The van der Waals surface area contributed by atoms with Gasteiger partial charge in [0.15, 0.2) is 0 Å². The number of carbonyl (C=O) groups is 1. The van der Waals surface area contributed by atoms with E-state index in [1.807, 2.05) is 0 Å². The van der Waals surface area contributed by atoms with Crippen LogP contribution >= 0.6 is 0 Å². The van der Waals surface area contributed by atoms with Gasteiger partial charge in [-0.05, 0) is 30.9 Å². The summed E-state index contributed by atoms with van der Waals surface area (Å²) in [5, 5.41) is 0. The van der Waals surface area contributed by atoms with Crippen molar-refractivity contribution in [1.29, 1.82) is 0 Å². The Morgan fingerprint density at radius 3 is 3.00 bits per heavy atom. The van der Waals surface area contributed by atoms with Gasteiger partial charge in [-0.25, -0.2) is 5.84 Å². The molecule has 2 rings (SSSR count). The average molecular weight is 233 g/mol. The number of amides is 1. The first kappa shape index (κ1) is 11.9. The molecule has 0 saturated heterocycles. The molecule has 92 valence electrons. The zero-order valence-electron chi connectivity index (χ0n) is 9.98. The fourth-order valence-electron chi connectivity index (χ4n) is 2.31. The van der Waals surface area contributed by atoms with Crippen LogP contribution in [-0.4, -0.2) is 19.0 Å². The minimum absolute atomic E-state index is 0.105. The van der Waals surface area contributed by atoms with Gasteiger partial charge in [-0.2, -0.15) is 0 Å². The number of nitrogens with two attached hydrogens (primary N) is 1. The molecule has 0 aliphatic carbocycles. The van der Waals surface area contributed by atoms with Crippen LogP contribution in [0.15, 0.2) is 24.3 Å². The second-order valence-corrected chi connectivity index (χ2v) is 4.39. The van der Waals surface area contributed by atoms with Crippen LogP contribution in [0.2, 0.25) is 0 Å². The largest absolute Gasteiger partial charge is 0.371 e. The van der Waals surface area contributed by atoms with Gasteiger partial charge < -0.3 is 4.90 Å². The summed E-state index contributed by atoms with van der Waals surface area (Å²) in [4.78, 5) is 13.5. The number of hydrazine groups is 1. The van der Waals surface area contributed by atoms with Gasteiger partial charge >= 0.3 is 0 Å². The van der Waals surface area contributed by atoms with Gasteiger partial charge in [0.25, 0.3) is 0 Å². The van der Waals surface area contributed by atoms with Gasteiger partial charge in [0.2, 0.25) is 5.91 Å². The molecule has 0 bridgehead atoms. The molecule has 0 fully saturated rings. The lowest BCUT2D eigenvalue weighted by Crippen LogP contribution is -2.34. The summed E-state index contributed by atoms with van der Waals surface area (Å²) < 4.78 is 0. The smallest absolute Gasteiger partial charge is 0.235 e. The monoisotopic (exact) mass is 233 g/mol. The molecule has 0 spiro atoms. The molecule has 17 heavy (non-hydrogen) atoms. The van der Waals surface area contributed by atoms with E-state index in [2.05, 4.69) is 34.6 Å². The van der Waals surface area contributed by atoms with Crippen molar-refractivity contribution in [2.75, 3.05) is 18.0 Å². The van der Waals surface area contributed by atoms with Crippen LogP contribution in [0, 0.1) is 0 Å². The van der Waals surface area contributed by atoms with E-state index in [9.17, 15) is 4.79 Å². The van der Waals surface area contributed by atoms with Crippen molar-refractivity contribution in [3.63, 3.8) is 0 Å². The topological polar surface area (TPSA) is 58.4 Å². The molecule has 1 aromatic carbocycles. The molecule has 1 heterocycles. The third kappa shape index (κ3) is 2.97. The molecule has 4 nitrogen and oxygen atoms in total. The second-order valence-electron chi connectivity index (χ2n) is 4.39. The van der Waals surface area contributed by atoms with E-state index in [-0.39, 0.29) is 5.91 Å². The number of nitrogens with zero attached hydrogens (tertiary/aromatic N) is 1. The molecule has 0 atom stereocenters. The molecule has 1 aliphatic rings. The molecule has 1 aliphatic heterocycles. The lowest BCUT2D eigenvalue weighted by molar-refractivity contribution is -0.120. The van der Waals surface area contributed by atoms with Crippen LogP contribution in [0.25, 0.3) is 0 Å². The summed E-state index contributed by atoms with van der Waals surface area (Å²) in [5.74, 6) is 4.99. The first-order chi connectivity index (χ1) is 8.31. The molecule has 1 aromatic rings. The lowest BCUT2D eigenvalue weighted by atomic mass is 10.1. The second kappa shape index (κ2) is 5.68. The Morgan fingerprint density at radius 2 is 2.18 bits per heavy atom. The SMILES string of the molecule is NNC(=O)CCN1CCCCc2ccccc21. The fourth-order valence-corrected chi connectivity index (χ4v) is 2.31. The van der Waals surface area contributed by atoms with Crippen LogP contribution < -0.4 is 16.2 Å². The van der Waals surface area contributed by atoms with Gasteiger partial charge in [0.05, 0.1) is 0 Å². The average Bonchev–Trinajstić information content (AvgIpc) is 2.58. The quantitative estimate of drug-likeness (QED) is 0.469. The number of hydrogen-bond donors (Lipinski definition) is 2. The predicted molar refractivity (Wildman–Crippen MR) is 68.5 cm³/mol. The van der Waals surface area contributed by atoms with Gasteiger partial charge in [0, 0.05) is 25.2 Å². The number of benzene rings is 1. The van der Waals surface area contributed by atoms with Crippen molar-refractivity contribution in [3.05, 3.63) is 29.8 Å². The summed E-state index contributed by atoms with van der Waals surface area (Å²) in [5.41, 5.74) is 4.84. The predicted octanol–water partition coefficient (Wildman–Crippen LogP) is 1.21. The highest BCUT2D eigenvalue weighted by molar-refractivity contribution is 5.76. The third-order valence-electron chi connectivity index (χ3n) is 3.23. The number of para-hydroxylation sites is 1. The van der Waals surface area contributed by atoms with Crippen molar-refractivity contribution in [2.45, 2.75) is 25.7 Å². The Labute approximate surface area is 102 Å². The highest BCUT2D eigenvalue weighted by Gasteiger charge is 2.15. The third-order valence-corrected chi connectivity index (χ3v) is 3.23. The zero-order valence-corrected chi connectivity index (χ0v) is 9.98. The molecular weight excluding hydrogens is 214 g/mol. The minimum atomic E-state index is -0.105. The summed E-state index contributed by atoms with van der Waals surface area (Å²) in [6, 6.07) is 8.45. The van der Waals surface area contributed by atoms with Crippen LogP contribution in [0.5, 0.6) is 0 Å². The maximum Gasteiger partial charge on any atom is 0.235 e. The normalized spacial score (nSPS) is 15.0. The van der Waals surface area contributed by atoms with E-state index in [0.717, 1.165) is 19.5 Å². The first-order valence-corrected chi connectivity index (χ1v) is 6.13. The summed E-state index contributed by atoms with van der Waals surface area (Å²) in [7, 11) is 0. The van der Waals surface area contributed by atoms with E-state index < -0.39 is 0 Å². The van der Waals surface area contributed by atoms with Crippen molar-refractivity contribution >= 4 is 11.6 Å². The van der Waals surface area contributed by atoms with E-state index >= 15 is 0 Å². The summed E-state index contributed by atoms with van der Waals surface area (Å²) in [6.45, 7) is 1.76. The van der Waals surface area contributed by atoms with Crippen LogP contribution in [0.4, 0.5) is 5.69 Å². The molecule has 4 heteroatoms. The Morgan fingerprint density at radius 1 is 1.35 bits per heavy atom. The molecule has 0 aromatic heterocycles. The molecule has 0 radical (unpaired) electrons. The van der Waals surface area contributed by atoms with Crippen molar-refractivity contribution in [3.8, 4) is 0 Å². The Hall–Kier alpha value is -1.55.